The predicted octanol–water partition coefficient (Wildman–Crippen LogP) is 1.75. The number of aromatic nitrogens is 1. The quantitative estimate of drug-likeness (QED) is 0.701. The lowest BCUT2D eigenvalue weighted by Gasteiger charge is -2.06. The summed E-state index contributed by atoms with van der Waals surface area (Å²) in [5, 5.41) is 8.43. The van der Waals surface area contributed by atoms with Crippen LogP contribution >= 0.6 is 0 Å². The second-order valence-electron chi connectivity index (χ2n) is 2.97. The van der Waals surface area contributed by atoms with Crippen LogP contribution in [0.25, 0.3) is 0 Å². The van der Waals surface area contributed by atoms with E-state index in [2.05, 4.69) is 4.98 Å². The fraction of sp³-hybridized carbons (Fsp3) is 0.364. The van der Waals surface area contributed by atoms with Crippen molar-refractivity contribution in [2.75, 3.05) is 7.11 Å². The summed E-state index contributed by atoms with van der Waals surface area (Å²) in [6.07, 6.45) is 0.632. The smallest absolute Gasteiger partial charge is 0.224 e. The maximum Gasteiger partial charge on any atom is 0.224 e. The summed E-state index contributed by atoms with van der Waals surface area (Å²) in [6, 6.07) is 5.24. The summed E-state index contributed by atoms with van der Waals surface area (Å²) in [7, 11) is 1.46. The van der Waals surface area contributed by atoms with Gasteiger partial charge in [-0.2, -0.15) is 5.26 Å². The molecule has 4 nitrogen and oxygen atoms in total. The van der Waals surface area contributed by atoms with Crippen molar-refractivity contribution in [2.24, 2.45) is 0 Å². The van der Waals surface area contributed by atoms with Crippen LogP contribution in [0, 0.1) is 11.3 Å². The molecule has 1 heterocycles. The van der Waals surface area contributed by atoms with Gasteiger partial charge in [-0.05, 0) is 18.6 Å². The zero-order chi connectivity index (χ0) is 11.3. The fourth-order valence-corrected chi connectivity index (χ4v) is 1.21. The zero-order valence-corrected chi connectivity index (χ0v) is 8.78. The van der Waals surface area contributed by atoms with Crippen LogP contribution in [0.1, 0.15) is 29.4 Å². The molecule has 15 heavy (non-hydrogen) atoms. The largest absolute Gasteiger partial charge is 0.480 e. The molecular weight excluding hydrogens is 192 g/mol. The van der Waals surface area contributed by atoms with E-state index in [0.29, 0.717) is 11.4 Å². The molecule has 78 valence electrons. The third-order valence-corrected chi connectivity index (χ3v) is 2.01. The minimum Gasteiger partial charge on any atom is -0.480 e. The maximum atomic E-state index is 11.5. The second-order valence-corrected chi connectivity index (χ2v) is 2.97. The predicted molar refractivity (Wildman–Crippen MR) is 54.7 cm³/mol. The maximum absolute atomic E-state index is 11.5. The van der Waals surface area contributed by atoms with Crippen LogP contribution in [-0.2, 0) is 6.42 Å². The molecule has 0 aliphatic heterocycles. The van der Waals surface area contributed by atoms with Crippen LogP contribution in [0.2, 0.25) is 0 Å². The van der Waals surface area contributed by atoms with E-state index in [9.17, 15) is 4.79 Å². The first-order valence-electron chi connectivity index (χ1n) is 4.67. The fourth-order valence-electron chi connectivity index (χ4n) is 1.21. The molecule has 0 unspecified atom stereocenters. The summed E-state index contributed by atoms with van der Waals surface area (Å²) in [4.78, 5) is 15.6. The number of methoxy groups -OCH3 is 1. The average molecular weight is 204 g/mol. The number of ketones is 1. The van der Waals surface area contributed by atoms with Gasteiger partial charge in [0.05, 0.1) is 25.2 Å². The van der Waals surface area contributed by atoms with Crippen molar-refractivity contribution in [2.45, 2.75) is 19.8 Å². The molecule has 0 atom stereocenters. The minimum absolute atomic E-state index is 0.149. The van der Waals surface area contributed by atoms with Gasteiger partial charge in [-0.25, -0.2) is 4.98 Å². The lowest BCUT2D eigenvalue weighted by molar-refractivity contribution is 0.0994. The number of hydrogen-bond acceptors (Lipinski definition) is 4. The molecule has 0 aliphatic carbocycles. The highest BCUT2D eigenvalue weighted by atomic mass is 16.5. The average Bonchev–Trinajstić information content (AvgIpc) is 2.28. The Balaban J connectivity index is 3.08. The molecule has 0 amide bonds. The van der Waals surface area contributed by atoms with Gasteiger partial charge in [0.1, 0.15) is 0 Å². The molecule has 1 aromatic heterocycles. The molecule has 0 fully saturated rings. The van der Waals surface area contributed by atoms with Crippen molar-refractivity contribution >= 4 is 5.78 Å². The van der Waals surface area contributed by atoms with Crippen molar-refractivity contribution < 1.29 is 9.53 Å². The Kier molecular flexibility index (Phi) is 3.81. The molecule has 0 aliphatic rings. The van der Waals surface area contributed by atoms with E-state index in [1.165, 1.54) is 7.11 Å². The van der Waals surface area contributed by atoms with E-state index >= 15 is 0 Å². The first-order chi connectivity index (χ1) is 7.22. The third-order valence-electron chi connectivity index (χ3n) is 2.01. The SMILES string of the molecule is CCc1ccc(C(=O)CC#N)c(OC)n1. The number of pyridine rings is 1. The number of hydrogen-bond donors (Lipinski definition) is 0. The monoisotopic (exact) mass is 204 g/mol. The third kappa shape index (κ3) is 2.53. The molecule has 4 heteroatoms. The van der Waals surface area contributed by atoms with Gasteiger partial charge >= 0.3 is 0 Å². The molecule has 0 spiro atoms. The van der Waals surface area contributed by atoms with Crippen LogP contribution < -0.4 is 4.74 Å². The van der Waals surface area contributed by atoms with E-state index in [0.717, 1.165) is 12.1 Å². The highest BCUT2D eigenvalue weighted by Gasteiger charge is 2.13. The van der Waals surface area contributed by atoms with Crippen molar-refractivity contribution in [3.63, 3.8) is 0 Å². The first kappa shape index (κ1) is 11.2. The van der Waals surface area contributed by atoms with Crippen molar-refractivity contribution in [3.05, 3.63) is 23.4 Å². The Hall–Kier alpha value is -1.89. The molecular formula is C11H12N2O2. The molecule has 0 bridgehead atoms. The van der Waals surface area contributed by atoms with E-state index < -0.39 is 0 Å². The van der Waals surface area contributed by atoms with Gasteiger partial charge in [0, 0.05) is 5.69 Å². The second kappa shape index (κ2) is 5.11. The van der Waals surface area contributed by atoms with E-state index in [1.54, 1.807) is 12.1 Å². The van der Waals surface area contributed by atoms with Crippen LogP contribution in [0.15, 0.2) is 12.1 Å². The Labute approximate surface area is 88.5 Å². The number of Topliss-reactive ketones (excluding diaryl/α,β-unsaturated/α-hetero) is 1. The normalized spacial score (nSPS) is 9.40. The van der Waals surface area contributed by atoms with E-state index in [4.69, 9.17) is 10.00 Å². The van der Waals surface area contributed by atoms with Gasteiger partial charge in [-0.1, -0.05) is 6.92 Å². The van der Waals surface area contributed by atoms with Gasteiger partial charge in [0.25, 0.3) is 0 Å². The standard InChI is InChI=1S/C11H12N2O2/c1-3-8-4-5-9(10(14)6-7-12)11(13-8)15-2/h4-5H,3,6H2,1-2H3. The minimum atomic E-state index is -0.260. The van der Waals surface area contributed by atoms with Gasteiger partial charge < -0.3 is 4.74 Å². The number of nitrogens with zero attached hydrogens (tertiary/aromatic N) is 2. The van der Waals surface area contributed by atoms with Gasteiger partial charge in [-0.15, -0.1) is 0 Å². The van der Waals surface area contributed by atoms with E-state index in [1.807, 2.05) is 13.0 Å². The molecule has 0 N–H and O–H groups in total. The topological polar surface area (TPSA) is 63.0 Å². The van der Waals surface area contributed by atoms with Crippen molar-refractivity contribution in [3.8, 4) is 11.9 Å². The van der Waals surface area contributed by atoms with Gasteiger partial charge in [0.15, 0.2) is 5.78 Å². The molecule has 0 radical (unpaired) electrons. The summed E-state index contributed by atoms with van der Waals surface area (Å²) in [5.74, 6) is 0.0408. The van der Waals surface area contributed by atoms with Crippen LogP contribution in [0.4, 0.5) is 0 Å². The Morgan fingerprint density at radius 1 is 1.60 bits per heavy atom. The lowest BCUT2D eigenvalue weighted by Crippen LogP contribution is -2.04. The Bertz CT molecular complexity index is 408. The molecule has 0 saturated heterocycles. The number of aryl methyl sites for hydroxylation is 1. The van der Waals surface area contributed by atoms with Crippen LogP contribution in [0.5, 0.6) is 5.88 Å². The number of carbonyl (C=O) groups excluding carboxylic acids is 1. The molecule has 1 rings (SSSR count). The molecule has 1 aromatic rings. The highest BCUT2D eigenvalue weighted by Crippen LogP contribution is 2.17. The number of ether oxygens (including phenoxy) is 1. The molecule has 0 aromatic carbocycles. The van der Waals surface area contributed by atoms with Crippen LogP contribution in [-0.4, -0.2) is 17.9 Å². The van der Waals surface area contributed by atoms with Crippen LogP contribution in [0.3, 0.4) is 0 Å². The lowest BCUT2D eigenvalue weighted by atomic mass is 10.1. The highest BCUT2D eigenvalue weighted by molar-refractivity contribution is 5.99. The summed E-state index contributed by atoms with van der Waals surface area (Å²) >= 11 is 0. The number of carbonyl (C=O) groups is 1. The Morgan fingerprint density at radius 2 is 2.33 bits per heavy atom. The van der Waals surface area contributed by atoms with E-state index in [-0.39, 0.29) is 12.2 Å². The first-order valence-corrected chi connectivity index (χ1v) is 4.67. The summed E-state index contributed by atoms with van der Waals surface area (Å²) in [5.41, 5.74) is 1.23. The Morgan fingerprint density at radius 3 is 2.87 bits per heavy atom. The zero-order valence-electron chi connectivity index (χ0n) is 8.78. The summed E-state index contributed by atoms with van der Waals surface area (Å²) in [6.45, 7) is 1.97. The van der Waals surface area contributed by atoms with Crippen molar-refractivity contribution in [1.82, 2.24) is 4.98 Å². The van der Waals surface area contributed by atoms with Crippen molar-refractivity contribution in [1.29, 1.82) is 5.26 Å². The number of nitriles is 1. The molecule has 0 saturated carbocycles. The van der Waals surface area contributed by atoms with Gasteiger partial charge in [-0.3, -0.25) is 4.79 Å². The van der Waals surface area contributed by atoms with Gasteiger partial charge in [0.2, 0.25) is 5.88 Å². The number of rotatable bonds is 4. The summed E-state index contributed by atoms with van der Waals surface area (Å²) < 4.78 is 5.01.